The number of rotatable bonds is 4. The molecule has 0 saturated carbocycles. The summed E-state index contributed by atoms with van der Waals surface area (Å²) in [5.74, 6) is 1.05. The molecule has 0 bridgehead atoms. The maximum Gasteiger partial charge on any atom is 0.290 e. The Morgan fingerprint density at radius 3 is 2.38 bits per heavy atom. The molecule has 0 aromatic heterocycles. The molecule has 1 unspecified atom stereocenters. The molecule has 5 nitrogen and oxygen atoms in total. The lowest BCUT2D eigenvalue weighted by atomic mass is 10.1. The fourth-order valence-corrected chi connectivity index (χ4v) is 4.28. The summed E-state index contributed by atoms with van der Waals surface area (Å²) in [5, 5.41) is 0. The smallest absolute Gasteiger partial charge is 0.290 e. The van der Waals surface area contributed by atoms with Crippen molar-refractivity contribution in [1.82, 2.24) is 0 Å². The number of nitrogens with zero attached hydrogens (tertiary/aromatic N) is 2. The molecule has 4 rings (SSSR count). The van der Waals surface area contributed by atoms with E-state index in [1.807, 2.05) is 43.3 Å². The second kappa shape index (κ2) is 6.65. The molecule has 1 amide bonds. The first kappa shape index (κ1) is 16.9. The van der Waals surface area contributed by atoms with E-state index >= 15 is 0 Å². The van der Waals surface area contributed by atoms with Crippen molar-refractivity contribution in [2.75, 3.05) is 37.5 Å². The van der Waals surface area contributed by atoms with Crippen molar-refractivity contribution in [3.05, 3.63) is 54.1 Å². The predicted octanol–water partition coefficient (Wildman–Crippen LogP) is 1.85. The molecule has 2 saturated heterocycles. The van der Waals surface area contributed by atoms with Crippen molar-refractivity contribution in [3.63, 3.8) is 0 Å². The van der Waals surface area contributed by atoms with E-state index in [1.165, 1.54) is 16.2 Å². The van der Waals surface area contributed by atoms with E-state index in [0.717, 1.165) is 30.8 Å². The second-order valence-corrected chi connectivity index (χ2v) is 7.31. The SMILES string of the molecule is COc1ccc(N2C(=O)[C@H]3CCC[NH+]3[C@@H]2c2ccc(N(C)C)cc2)cc1. The number of hydrogen-bond donors (Lipinski definition) is 1. The van der Waals surface area contributed by atoms with Crippen molar-refractivity contribution in [1.29, 1.82) is 0 Å². The van der Waals surface area contributed by atoms with Gasteiger partial charge in [0.25, 0.3) is 5.91 Å². The summed E-state index contributed by atoms with van der Waals surface area (Å²) in [4.78, 5) is 18.6. The van der Waals surface area contributed by atoms with Crippen LogP contribution < -0.4 is 19.4 Å². The number of amides is 1. The minimum atomic E-state index is 0.0413. The Hall–Kier alpha value is -2.53. The van der Waals surface area contributed by atoms with Crippen molar-refractivity contribution in [2.45, 2.75) is 25.0 Å². The van der Waals surface area contributed by atoms with E-state index in [-0.39, 0.29) is 18.1 Å². The lowest BCUT2D eigenvalue weighted by Crippen LogP contribution is -3.12. The van der Waals surface area contributed by atoms with Crippen LogP contribution in [0.15, 0.2) is 48.5 Å². The minimum Gasteiger partial charge on any atom is -0.497 e. The Morgan fingerprint density at radius 1 is 1.08 bits per heavy atom. The highest BCUT2D eigenvalue weighted by Gasteiger charge is 2.53. The Morgan fingerprint density at radius 2 is 1.77 bits per heavy atom. The highest BCUT2D eigenvalue weighted by molar-refractivity contribution is 5.98. The molecule has 0 radical (unpaired) electrons. The summed E-state index contributed by atoms with van der Waals surface area (Å²) in [7, 11) is 5.74. The number of fused-ring (bicyclic) bond motifs is 1. The van der Waals surface area contributed by atoms with Gasteiger partial charge in [-0.15, -0.1) is 0 Å². The average Bonchev–Trinajstić information content (AvgIpc) is 3.24. The molecule has 2 aliphatic rings. The summed E-state index contributed by atoms with van der Waals surface area (Å²) < 4.78 is 5.27. The Balaban J connectivity index is 1.73. The molecule has 2 aromatic carbocycles. The van der Waals surface area contributed by atoms with E-state index in [1.54, 1.807) is 7.11 Å². The van der Waals surface area contributed by atoms with Crippen LogP contribution in [0.4, 0.5) is 11.4 Å². The van der Waals surface area contributed by atoms with Gasteiger partial charge < -0.3 is 14.5 Å². The number of quaternary nitrogens is 1. The van der Waals surface area contributed by atoms with Crippen LogP contribution in [0.25, 0.3) is 0 Å². The van der Waals surface area contributed by atoms with E-state index in [0.29, 0.717) is 0 Å². The maximum absolute atomic E-state index is 13.2. The first-order valence-corrected chi connectivity index (χ1v) is 9.20. The van der Waals surface area contributed by atoms with Gasteiger partial charge in [-0.1, -0.05) is 0 Å². The first-order valence-electron chi connectivity index (χ1n) is 9.20. The molecule has 3 atom stereocenters. The van der Waals surface area contributed by atoms with Gasteiger partial charge in [0.15, 0.2) is 12.2 Å². The third kappa shape index (κ3) is 2.72. The summed E-state index contributed by atoms with van der Waals surface area (Å²) in [6, 6.07) is 16.5. The zero-order chi connectivity index (χ0) is 18.3. The number of hydrogen-bond acceptors (Lipinski definition) is 3. The van der Waals surface area contributed by atoms with Crippen LogP contribution in [0.3, 0.4) is 0 Å². The fraction of sp³-hybridized carbons (Fsp3) is 0.381. The number of carbonyl (C=O) groups excluding carboxylic acids is 1. The average molecular weight is 352 g/mol. The molecule has 5 heteroatoms. The van der Waals surface area contributed by atoms with Crippen LogP contribution in [-0.4, -0.2) is 39.7 Å². The predicted molar refractivity (Wildman–Crippen MR) is 103 cm³/mol. The van der Waals surface area contributed by atoms with Gasteiger partial charge in [-0.25, -0.2) is 0 Å². The molecule has 1 N–H and O–H groups in total. The summed E-state index contributed by atoms with van der Waals surface area (Å²) >= 11 is 0. The van der Waals surface area contributed by atoms with Gasteiger partial charge in [-0.2, -0.15) is 0 Å². The molecular formula is C21H26N3O2+. The number of carbonyl (C=O) groups is 1. The molecule has 0 aliphatic carbocycles. The van der Waals surface area contributed by atoms with Gasteiger partial charge in [0.05, 0.1) is 19.3 Å². The topological polar surface area (TPSA) is 37.2 Å². The zero-order valence-electron chi connectivity index (χ0n) is 15.6. The third-order valence-corrected chi connectivity index (χ3v) is 5.63. The molecule has 0 spiro atoms. The number of nitrogens with one attached hydrogen (secondary N) is 1. The molecule has 136 valence electrons. The maximum atomic E-state index is 13.2. The molecular weight excluding hydrogens is 326 g/mol. The van der Waals surface area contributed by atoms with E-state index in [9.17, 15) is 4.79 Å². The lowest BCUT2D eigenvalue weighted by Gasteiger charge is -2.27. The number of anilines is 2. The summed E-state index contributed by atoms with van der Waals surface area (Å²) in [6.45, 7) is 1.04. The highest BCUT2D eigenvalue weighted by Crippen LogP contribution is 2.32. The quantitative estimate of drug-likeness (QED) is 0.913. The van der Waals surface area contributed by atoms with Crippen molar-refractivity contribution >= 4 is 17.3 Å². The second-order valence-electron chi connectivity index (χ2n) is 7.31. The Bertz CT molecular complexity index is 786. The van der Waals surface area contributed by atoms with E-state index in [2.05, 4.69) is 29.2 Å². The van der Waals surface area contributed by atoms with E-state index < -0.39 is 0 Å². The number of ether oxygens (including phenoxy) is 1. The van der Waals surface area contributed by atoms with Crippen molar-refractivity contribution in [3.8, 4) is 5.75 Å². The van der Waals surface area contributed by atoms with Crippen molar-refractivity contribution in [2.24, 2.45) is 0 Å². The van der Waals surface area contributed by atoms with Gasteiger partial charge >= 0.3 is 0 Å². The van der Waals surface area contributed by atoms with Gasteiger partial charge in [0.2, 0.25) is 0 Å². The number of benzene rings is 2. The largest absolute Gasteiger partial charge is 0.497 e. The monoisotopic (exact) mass is 352 g/mol. The zero-order valence-corrected chi connectivity index (χ0v) is 15.6. The number of methoxy groups -OCH3 is 1. The van der Waals surface area contributed by atoms with Gasteiger partial charge in [0, 0.05) is 38.2 Å². The standard InChI is InChI=1S/C21H25N3O2/c1-22(2)16-8-6-15(7-9-16)20-23-14-4-5-19(23)21(25)24(20)17-10-12-18(26-3)13-11-17/h6-13,19-20H,4-5,14H2,1-3H3/p+1/t19-,20+/m1/s1. The molecule has 2 aromatic rings. The van der Waals surface area contributed by atoms with Crippen LogP contribution in [0, 0.1) is 0 Å². The minimum absolute atomic E-state index is 0.0413. The third-order valence-electron chi connectivity index (χ3n) is 5.63. The van der Waals surface area contributed by atoms with Gasteiger partial charge in [0.1, 0.15) is 5.75 Å². The van der Waals surface area contributed by atoms with Crippen LogP contribution >= 0.6 is 0 Å². The lowest BCUT2D eigenvalue weighted by molar-refractivity contribution is -0.924. The Labute approximate surface area is 154 Å². The molecule has 2 fully saturated rings. The molecule has 26 heavy (non-hydrogen) atoms. The van der Waals surface area contributed by atoms with Crippen LogP contribution in [0.2, 0.25) is 0 Å². The van der Waals surface area contributed by atoms with Gasteiger partial charge in [-0.05, 0) is 48.5 Å². The van der Waals surface area contributed by atoms with Crippen LogP contribution in [0.5, 0.6) is 5.75 Å². The molecule has 2 heterocycles. The molecule has 2 aliphatic heterocycles. The van der Waals surface area contributed by atoms with Gasteiger partial charge in [-0.3, -0.25) is 9.69 Å². The highest BCUT2D eigenvalue weighted by atomic mass is 16.5. The van der Waals surface area contributed by atoms with E-state index in [4.69, 9.17) is 4.74 Å². The normalized spacial score (nSPS) is 24.7. The summed E-state index contributed by atoms with van der Waals surface area (Å²) in [6.07, 6.45) is 2.14. The summed E-state index contributed by atoms with van der Waals surface area (Å²) in [5.41, 5.74) is 3.31. The van der Waals surface area contributed by atoms with Crippen molar-refractivity contribution < 1.29 is 14.4 Å². The first-order chi connectivity index (χ1) is 12.6. The fourth-order valence-electron chi connectivity index (χ4n) is 4.28. The van der Waals surface area contributed by atoms with Crippen LogP contribution in [0.1, 0.15) is 24.6 Å². The van der Waals surface area contributed by atoms with Crippen LogP contribution in [-0.2, 0) is 4.79 Å². The Kier molecular flexibility index (Phi) is 4.32.